The van der Waals surface area contributed by atoms with E-state index in [4.69, 9.17) is 4.42 Å². The largest absolute Gasteiger partial charge is 0.467 e. The summed E-state index contributed by atoms with van der Waals surface area (Å²) in [4.78, 5) is 11.6. The molecule has 1 saturated heterocycles. The molecule has 1 aliphatic heterocycles. The molecule has 2 aromatic heterocycles. The van der Waals surface area contributed by atoms with Gasteiger partial charge in [-0.15, -0.1) is 0 Å². The summed E-state index contributed by atoms with van der Waals surface area (Å²) in [5.41, 5.74) is 0. The van der Waals surface area contributed by atoms with Crippen LogP contribution in [0.2, 0.25) is 0 Å². The van der Waals surface area contributed by atoms with E-state index in [2.05, 4.69) is 33.2 Å². The van der Waals surface area contributed by atoms with Gasteiger partial charge in [-0.3, -0.25) is 0 Å². The molecule has 1 atom stereocenters. The van der Waals surface area contributed by atoms with Crippen LogP contribution in [-0.2, 0) is 6.54 Å². The highest BCUT2D eigenvalue weighted by Gasteiger charge is 2.22. The van der Waals surface area contributed by atoms with Gasteiger partial charge in [0.2, 0.25) is 0 Å². The van der Waals surface area contributed by atoms with E-state index in [0.29, 0.717) is 12.6 Å². The van der Waals surface area contributed by atoms with Gasteiger partial charge < -0.3 is 14.6 Å². The highest BCUT2D eigenvalue weighted by molar-refractivity contribution is 5.50. The molecular formula is C17H24N4O. The van der Waals surface area contributed by atoms with Crippen molar-refractivity contribution in [1.82, 2.24) is 9.97 Å². The van der Waals surface area contributed by atoms with Gasteiger partial charge in [0.15, 0.2) is 0 Å². The molecule has 118 valence electrons. The van der Waals surface area contributed by atoms with Crippen LogP contribution in [-0.4, -0.2) is 22.6 Å². The lowest BCUT2D eigenvalue weighted by molar-refractivity contribution is 0.446. The molecule has 1 N–H and O–H groups in total. The smallest absolute Gasteiger partial charge is 0.134 e. The fraction of sp³-hybridized carbons (Fsp3) is 0.529. The number of rotatable bonds is 5. The van der Waals surface area contributed by atoms with Crippen LogP contribution in [0.4, 0.5) is 11.6 Å². The van der Waals surface area contributed by atoms with Crippen molar-refractivity contribution in [2.24, 2.45) is 0 Å². The van der Waals surface area contributed by atoms with E-state index in [-0.39, 0.29) is 0 Å². The summed E-state index contributed by atoms with van der Waals surface area (Å²) in [6.45, 7) is 5.94. The van der Waals surface area contributed by atoms with Crippen LogP contribution < -0.4 is 10.2 Å². The lowest BCUT2D eigenvalue weighted by Gasteiger charge is -2.36. The van der Waals surface area contributed by atoms with Gasteiger partial charge in [0.1, 0.15) is 23.2 Å². The predicted octanol–water partition coefficient (Wildman–Crippen LogP) is 3.76. The minimum Gasteiger partial charge on any atom is -0.467 e. The van der Waals surface area contributed by atoms with Crippen LogP contribution in [0.3, 0.4) is 0 Å². The van der Waals surface area contributed by atoms with Crippen LogP contribution in [0, 0.1) is 6.92 Å². The third-order valence-electron chi connectivity index (χ3n) is 4.24. The minimum atomic E-state index is 0.598. The third-order valence-corrected chi connectivity index (χ3v) is 4.24. The maximum absolute atomic E-state index is 5.35. The zero-order valence-corrected chi connectivity index (χ0v) is 13.4. The average Bonchev–Trinajstić information content (AvgIpc) is 3.06. The molecule has 3 rings (SSSR count). The molecule has 0 saturated carbocycles. The Morgan fingerprint density at radius 2 is 2.27 bits per heavy atom. The number of hydrogen-bond acceptors (Lipinski definition) is 5. The van der Waals surface area contributed by atoms with Crippen molar-refractivity contribution in [3.63, 3.8) is 0 Å². The van der Waals surface area contributed by atoms with E-state index in [9.17, 15) is 0 Å². The molecule has 0 amide bonds. The molecular weight excluding hydrogens is 276 g/mol. The van der Waals surface area contributed by atoms with Crippen LogP contribution in [0.5, 0.6) is 0 Å². The Morgan fingerprint density at radius 3 is 3.05 bits per heavy atom. The normalized spacial score (nSPS) is 18.5. The minimum absolute atomic E-state index is 0.598. The van der Waals surface area contributed by atoms with Crippen LogP contribution in [0.15, 0.2) is 28.9 Å². The number of anilines is 2. The van der Waals surface area contributed by atoms with Gasteiger partial charge in [0.25, 0.3) is 0 Å². The van der Waals surface area contributed by atoms with Crippen molar-refractivity contribution in [3.05, 3.63) is 36.0 Å². The Bertz CT molecular complexity index is 597. The molecule has 0 spiro atoms. The number of hydrogen-bond donors (Lipinski definition) is 1. The maximum atomic E-state index is 5.35. The van der Waals surface area contributed by atoms with Gasteiger partial charge in [0, 0.05) is 18.7 Å². The SMILES string of the molecule is CCC1CCCCN1c1cc(NCc2ccco2)nc(C)n1. The standard InChI is InChI=1S/C17H24N4O/c1-3-14-7-4-5-9-21(14)17-11-16(19-13(2)20-17)18-12-15-8-6-10-22-15/h6,8,10-11,14H,3-5,7,9,12H2,1-2H3,(H,18,19,20). The summed E-state index contributed by atoms with van der Waals surface area (Å²) < 4.78 is 5.35. The van der Waals surface area contributed by atoms with Crippen LogP contribution >= 0.6 is 0 Å². The predicted molar refractivity (Wildman–Crippen MR) is 88.1 cm³/mol. The quantitative estimate of drug-likeness (QED) is 0.911. The summed E-state index contributed by atoms with van der Waals surface area (Å²) in [6.07, 6.45) is 6.68. The first kappa shape index (κ1) is 14.9. The molecule has 22 heavy (non-hydrogen) atoms. The second-order valence-electron chi connectivity index (χ2n) is 5.84. The maximum Gasteiger partial charge on any atom is 0.134 e. The highest BCUT2D eigenvalue weighted by Crippen LogP contribution is 2.26. The van der Waals surface area contributed by atoms with E-state index in [1.807, 2.05) is 19.1 Å². The molecule has 1 aliphatic rings. The van der Waals surface area contributed by atoms with Crippen molar-refractivity contribution < 1.29 is 4.42 Å². The van der Waals surface area contributed by atoms with Gasteiger partial charge >= 0.3 is 0 Å². The van der Waals surface area contributed by atoms with E-state index >= 15 is 0 Å². The molecule has 0 bridgehead atoms. The van der Waals surface area contributed by atoms with E-state index in [1.54, 1.807) is 6.26 Å². The van der Waals surface area contributed by atoms with Crippen molar-refractivity contribution in [2.75, 3.05) is 16.8 Å². The molecule has 2 aromatic rings. The monoisotopic (exact) mass is 300 g/mol. The average molecular weight is 300 g/mol. The second kappa shape index (κ2) is 6.81. The number of nitrogens with zero attached hydrogens (tertiary/aromatic N) is 3. The van der Waals surface area contributed by atoms with E-state index in [0.717, 1.165) is 36.2 Å². The van der Waals surface area contributed by atoms with Gasteiger partial charge in [-0.25, -0.2) is 9.97 Å². The highest BCUT2D eigenvalue weighted by atomic mass is 16.3. The van der Waals surface area contributed by atoms with E-state index in [1.165, 1.54) is 19.3 Å². The Morgan fingerprint density at radius 1 is 1.36 bits per heavy atom. The van der Waals surface area contributed by atoms with Crippen LogP contribution in [0.1, 0.15) is 44.2 Å². The first-order valence-electron chi connectivity index (χ1n) is 8.15. The Balaban J connectivity index is 1.76. The summed E-state index contributed by atoms with van der Waals surface area (Å²) in [5, 5.41) is 3.33. The Hall–Kier alpha value is -2.04. The molecule has 0 radical (unpaired) electrons. The third kappa shape index (κ3) is 3.40. The van der Waals surface area contributed by atoms with Crippen molar-refractivity contribution >= 4 is 11.6 Å². The Kier molecular flexibility index (Phi) is 4.61. The number of aryl methyl sites for hydroxylation is 1. The molecule has 3 heterocycles. The fourth-order valence-corrected chi connectivity index (χ4v) is 3.11. The number of nitrogens with one attached hydrogen (secondary N) is 1. The van der Waals surface area contributed by atoms with Crippen molar-refractivity contribution in [2.45, 2.75) is 52.1 Å². The van der Waals surface area contributed by atoms with Gasteiger partial charge in [-0.05, 0) is 44.7 Å². The second-order valence-corrected chi connectivity index (χ2v) is 5.84. The van der Waals surface area contributed by atoms with Crippen molar-refractivity contribution in [3.8, 4) is 0 Å². The first-order chi connectivity index (χ1) is 10.8. The molecule has 0 aliphatic carbocycles. The first-order valence-corrected chi connectivity index (χ1v) is 8.15. The molecule has 5 nitrogen and oxygen atoms in total. The van der Waals surface area contributed by atoms with Gasteiger partial charge in [-0.1, -0.05) is 6.92 Å². The summed E-state index contributed by atoms with van der Waals surface area (Å²) in [7, 11) is 0. The number of furan rings is 1. The number of aromatic nitrogens is 2. The summed E-state index contributed by atoms with van der Waals surface area (Å²) >= 11 is 0. The fourth-order valence-electron chi connectivity index (χ4n) is 3.11. The lowest BCUT2D eigenvalue weighted by Crippen LogP contribution is -2.39. The van der Waals surface area contributed by atoms with E-state index < -0.39 is 0 Å². The van der Waals surface area contributed by atoms with Gasteiger partial charge in [-0.2, -0.15) is 0 Å². The zero-order valence-electron chi connectivity index (χ0n) is 13.4. The topological polar surface area (TPSA) is 54.2 Å². The molecule has 1 unspecified atom stereocenters. The molecule has 1 fully saturated rings. The Labute approximate surface area is 131 Å². The zero-order chi connectivity index (χ0) is 15.4. The number of piperidine rings is 1. The summed E-state index contributed by atoms with van der Waals surface area (Å²) in [6, 6.07) is 6.51. The van der Waals surface area contributed by atoms with Crippen LogP contribution in [0.25, 0.3) is 0 Å². The molecule has 5 heteroatoms. The van der Waals surface area contributed by atoms with Crippen molar-refractivity contribution in [1.29, 1.82) is 0 Å². The summed E-state index contributed by atoms with van der Waals surface area (Å²) in [5.74, 6) is 3.61. The molecule has 0 aromatic carbocycles. The lowest BCUT2D eigenvalue weighted by atomic mass is 10.00. The van der Waals surface area contributed by atoms with Gasteiger partial charge in [0.05, 0.1) is 12.8 Å².